The van der Waals surface area contributed by atoms with Crippen molar-refractivity contribution < 1.29 is 15.0 Å². The number of carboxylic acids is 1. The highest BCUT2D eigenvalue weighted by Crippen LogP contribution is 2.46. The van der Waals surface area contributed by atoms with Crippen LogP contribution < -0.4 is 0 Å². The summed E-state index contributed by atoms with van der Waals surface area (Å²) in [7, 11) is 0. The molecule has 2 N–H and O–H groups in total. The van der Waals surface area contributed by atoms with Crippen molar-refractivity contribution in [2.45, 2.75) is 24.7 Å². The third-order valence-electron chi connectivity index (χ3n) is 5.53. The first-order chi connectivity index (χ1) is 13.6. The Morgan fingerprint density at radius 1 is 0.929 bits per heavy atom. The van der Waals surface area contributed by atoms with E-state index in [1.54, 1.807) is 12.1 Å². The topological polar surface area (TPSA) is 57.5 Å². The average molecular weight is 370 g/mol. The lowest BCUT2D eigenvalue weighted by Crippen LogP contribution is -2.20. The lowest BCUT2D eigenvalue weighted by Gasteiger charge is -2.34. The van der Waals surface area contributed by atoms with Gasteiger partial charge in [-0.15, -0.1) is 0 Å². The van der Waals surface area contributed by atoms with Gasteiger partial charge >= 0.3 is 5.97 Å². The van der Waals surface area contributed by atoms with E-state index in [0.717, 1.165) is 24.5 Å². The molecule has 3 aromatic rings. The van der Waals surface area contributed by atoms with Crippen molar-refractivity contribution in [3.05, 3.63) is 107 Å². The number of rotatable bonds is 4. The van der Waals surface area contributed by atoms with Crippen LogP contribution in [0.25, 0.3) is 6.08 Å². The molecule has 3 heteroatoms. The van der Waals surface area contributed by atoms with Gasteiger partial charge in [0.1, 0.15) is 5.75 Å². The molecule has 140 valence electrons. The van der Waals surface area contributed by atoms with Crippen LogP contribution in [-0.2, 0) is 11.2 Å². The van der Waals surface area contributed by atoms with Gasteiger partial charge in [-0.3, -0.25) is 0 Å². The van der Waals surface area contributed by atoms with Crippen molar-refractivity contribution in [2.75, 3.05) is 0 Å². The SMILES string of the molecule is O=C(O)C=Cc1ccc([C@@H]2c3ccc(O)cc3CC[C@@H]2c2ccccc2)cc1. The molecule has 0 fully saturated rings. The van der Waals surface area contributed by atoms with Crippen molar-refractivity contribution in [3.63, 3.8) is 0 Å². The molecule has 4 rings (SSSR count). The Bertz CT molecular complexity index is 1000. The number of benzene rings is 3. The van der Waals surface area contributed by atoms with E-state index in [9.17, 15) is 9.90 Å². The highest BCUT2D eigenvalue weighted by Gasteiger charge is 2.32. The molecule has 3 aromatic carbocycles. The van der Waals surface area contributed by atoms with E-state index in [0.29, 0.717) is 11.7 Å². The van der Waals surface area contributed by atoms with Crippen molar-refractivity contribution in [3.8, 4) is 5.75 Å². The van der Waals surface area contributed by atoms with Gasteiger partial charge in [-0.2, -0.15) is 0 Å². The molecule has 0 saturated heterocycles. The molecule has 0 spiro atoms. The second kappa shape index (κ2) is 7.73. The third kappa shape index (κ3) is 3.70. The van der Waals surface area contributed by atoms with Crippen LogP contribution >= 0.6 is 0 Å². The number of carbonyl (C=O) groups is 1. The largest absolute Gasteiger partial charge is 0.508 e. The van der Waals surface area contributed by atoms with Crippen LogP contribution in [0.2, 0.25) is 0 Å². The Morgan fingerprint density at radius 2 is 1.68 bits per heavy atom. The zero-order valence-electron chi connectivity index (χ0n) is 15.5. The molecule has 0 aromatic heterocycles. The molecular weight excluding hydrogens is 348 g/mol. The number of aromatic hydroxyl groups is 1. The van der Waals surface area contributed by atoms with Crippen LogP contribution in [0.1, 0.15) is 46.1 Å². The summed E-state index contributed by atoms with van der Waals surface area (Å²) in [5, 5.41) is 18.7. The first kappa shape index (κ1) is 18.1. The fraction of sp³-hybridized carbons (Fsp3) is 0.160. The Kier molecular flexibility index (Phi) is 4.98. The van der Waals surface area contributed by atoms with E-state index in [1.165, 1.54) is 22.3 Å². The van der Waals surface area contributed by atoms with Gasteiger partial charge in [0.05, 0.1) is 0 Å². The van der Waals surface area contributed by atoms with Crippen molar-refractivity contribution in [2.24, 2.45) is 0 Å². The normalized spacial score (nSPS) is 18.7. The molecule has 0 amide bonds. The molecular formula is C25H22O3. The van der Waals surface area contributed by atoms with E-state index >= 15 is 0 Å². The minimum absolute atomic E-state index is 0.198. The van der Waals surface area contributed by atoms with Gasteiger partial charge in [0.15, 0.2) is 0 Å². The molecule has 0 radical (unpaired) electrons. The number of phenols is 1. The molecule has 1 aliphatic rings. The summed E-state index contributed by atoms with van der Waals surface area (Å²) in [6, 6.07) is 24.4. The maximum atomic E-state index is 10.7. The van der Waals surface area contributed by atoms with Gasteiger partial charge in [0.25, 0.3) is 0 Å². The van der Waals surface area contributed by atoms with Crippen LogP contribution in [0.5, 0.6) is 5.75 Å². The van der Waals surface area contributed by atoms with Gasteiger partial charge in [-0.25, -0.2) is 4.79 Å². The van der Waals surface area contributed by atoms with E-state index in [2.05, 4.69) is 36.4 Å². The van der Waals surface area contributed by atoms with Gasteiger partial charge in [0.2, 0.25) is 0 Å². The molecule has 0 heterocycles. The Balaban J connectivity index is 1.76. The number of carboxylic acid groups (broad SMARTS) is 1. The molecule has 2 atom stereocenters. The Hall–Kier alpha value is -3.33. The zero-order valence-corrected chi connectivity index (χ0v) is 15.5. The molecule has 28 heavy (non-hydrogen) atoms. The van der Waals surface area contributed by atoms with E-state index < -0.39 is 5.97 Å². The molecule has 0 bridgehead atoms. The number of hydrogen-bond acceptors (Lipinski definition) is 2. The van der Waals surface area contributed by atoms with E-state index in [1.807, 2.05) is 30.3 Å². The molecule has 0 saturated carbocycles. The standard InChI is InChI=1S/C25H22O3/c26-21-12-14-23-20(16-21)11-13-22(18-4-2-1-3-5-18)25(23)19-9-6-17(7-10-19)8-15-24(27)28/h1-10,12,14-16,22,25-26H,11,13H2,(H,27,28)/t22-,25+/m1/s1. The van der Waals surface area contributed by atoms with Crippen molar-refractivity contribution in [1.29, 1.82) is 0 Å². The number of fused-ring (bicyclic) bond motifs is 1. The summed E-state index contributed by atoms with van der Waals surface area (Å²) >= 11 is 0. The second-order valence-electron chi connectivity index (χ2n) is 7.25. The van der Waals surface area contributed by atoms with Crippen LogP contribution in [0, 0.1) is 0 Å². The lowest BCUT2D eigenvalue weighted by atomic mass is 9.69. The number of hydrogen-bond donors (Lipinski definition) is 2. The summed E-state index contributed by atoms with van der Waals surface area (Å²) < 4.78 is 0. The van der Waals surface area contributed by atoms with Crippen LogP contribution in [-0.4, -0.2) is 16.2 Å². The monoisotopic (exact) mass is 370 g/mol. The third-order valence-corrected chi connectivity index (χ3v) is 5.53. The number of phenolic OH excluding ortho intramolecular Hbond substituents is 1. The maximum Gasteiger partial charge on any atom is 0.328 e. The quantitative estimate of drug-likeness (QED) is 0.609. The fourth-order valence-corrected chi connectivity index (χ4v) is 4.26. The predicted octanol–water partition coefficient (Wildman–Crippen LogP) is 5.35. The Labute approximate surface area is 164 Å². The minimum atomic E-state index is -0.950. The summed E-state index contributed by atoms with van der Waals surface area (Å²) in [4.78, 5) is 10.7. The highest BCUT2D eigenvalue weighted by molar-refractivity contribution is 5.85. The summed E-state index contributed by atoms with van der Waals surface area (Å²) in [6.45, 7) is 0. The second-order valence-corrected chi connectivity index (χ2v) is 7.25. The van der Waals surface area contributed by atoms with Crippen molar-refractivity contribution in [1.82, 2.24) is 0 Å². The average Bonchev–Trinajstić information content (AvgIpc) is 2.72. The smallest absolute Gasteiger partial charge is 0.328 e. The number of aliphatic carboxylic acids is 1. The van der Waals surface area contributed by atoms with Gasteiger partial charge in [0, 0.05) is 12.0 Å². The number of aryl methyl sites for hydroxylation is 1. The zero-order chi connectivity index (χ0) is 19.5. The fourth-order valence-electron chi connectivity index (χ4n) is 4.26. The first-order valence-electron chi connectivity index (χ1n) is 9.49. The summed E-state index contributed by atoms with van der Waals surface area (Å²) in [5.74, 6) is -0.0815. The van der Waals surface area contributed by atoms with Crippen LogP contribution in [0.3, 0.4) is 0 Å². The van der Waals surface area contributed by atoms with E-state index in [4.69, 9.17) is 5.11 Å². The molecule has 3 nitrogen and oxygen atoms in total. The summed E-state index contributed by atoms with van der Waals surface area (Å²) in [5.41, 5.74) is 5.84. The molecule has 0 unspecified atom stereocenters. The predicted molar refractivity (Wildman–Crippen MR) is 111 cm³/mol. The van der Waals surface area contributed by atoms with Gasteiger partial charge in [-0.1, -0.05) is 60.7 Å². The maximum absolute atomic E-state index is 10.7. The summed E-state index contributed by atoms with van der Waals surface area (Å²) in [6.07, 6.45) is 4.72. The minimum Gasteiger partial charge on any atom is -0.508 e. The van der Waals surface area contributed by atoms with Gasteiger partial charge in [-0.05, 0) is 64.8 Å². The Morgan fingerprint density at radius 3 is 2.39 bits per heavy atom. The highest BCUT2D eigenvalue weighted by atomic mass is 16.4. The van der Waals surface area contributed by atoms with Crippen molar-refractivity contribution >= 4 is 12.0 Å². The van der Waals surface area contributed by atoms with Crippen LogP contribution in [0.4, 0.5) is 0 Å². The molecule has 1 aliphatic carbocycles. The van der Waals surface area contributed by atoms with E-state index in [-0.39, 0.29) is 5.92 Å². The van der Waals surface area contributed by atoms with Crippen LogP contribution in [0.15, 0.2) is 78.9 Å². The molecule has 0 aliphatic heterocycles. The van der Waals surface area contributed by atoms with Gasteiger partial charge < -0.3 is 10.2 Å². The lowest BCUT2D eigenvalue weighted by molar-refractivity contribution is -0.131. The first-order valence-corrected chi connectivity index (χ1v) is 9.49.